The Hall–Kier alpha value is -2.04. The van der Waals surface area contributed by atoms with Gasteiger partial charge in [-0.25, -0.2) is 4.79 Å². The number of nitrogens with one attached hydrogen (secondary N) is 1. The first-order chi connectivity index (χ1) is 12.6. The molecule has 5 rings (SSSR count). The van der Waals surface area contributed by atoms with E-state index in [0.717, 1.165) is 24.3 Å². The number of esters is 1. The lowest BCUT2D eigenvalue weighted by atomic mass is 9.49. The second-order valence-electron chi connectivity index (χ2n) is 8.46. The minimum absolute atomic E-state index is 0.188. The number of rotatable bonds is 7. The number of hydrogen-bond acceptors (Lipinski definition) is 4. The maximum atomic E-state index is 12.1. The maximum Gasteiger partial charge on any atom is 0.344 e. The largest absolute Gasteiger partial charge is 0.482 e. The Kier molecular flexibility index (Phi) is 4.88. The van der Waals surface area contributed by atoms with Crippen molar-refractivity contribution in [1.29, 1.82) is 0 Å². The molecule has 4 bridgehead atoms. The molecule has 1 amide bonds. The monoisotopic (exact) mass is 357 g/mol. The summed E-state index contributed by atoms with van der Waals surface area (Å²) in [5.74, 6) is 2.46. The van der Waals surface area contributed by atoms with Gasteiger partial charge in [-0.05, 0) is 73.8 Å². The predicted molar refractivity (Wildman–Crippen MR) is 96.5 cm³/mol. The number of benzene rings is 1. The van der Waals surface area contributed by atoms with E-state index in [-0.39, 0.29) is 19.1 Å². The summed E-state index contributed by atoms with van der Waals surface area (Å²) in [6.45, 7) is 0.309. The van der Waals surface area contributed by atoms with Crippen LogP contribution in [0.1, 0.15) is 38.5 Å². The second-order valence-corrected chi connectivity index (χ2v) is 8.46. The summed E-state index contributed by atoms with van der Waals surface area (Å²) in [4.78, 5) is 23.8. The average molecular weight is 357 g/mol. The minimum atomic E-state index is -0.529. The van der Waals surface area contributed by atoms with Gasteiger partial charge < -0.3 is 14.8 Å². The third kappa shape index (κ3) is 4.02. The van der Waals surface area contributed by atoms with Gasteiger partial charge in [-0.1, -0.05) is 18.2 Å². The molecule has 1 N–H and O–H groups in total. The first kappa shape index (κ1) is 17.4. The van der Waals surface area contributed by atoms with Crippen molar-refractivity contribution in [3.05, 3.63) is 30.3 Å². The fraction of sp³-hybridized carbons (Fsp3) is 0.619. The zero-order valence-corrected chi connectivity index (χ0v) is 15.1. The van der Waals surface area contributed by atoms with Crippen LogP contribution in [0.3, 0.4) is 0 Å². The first-order valence-electron chi connectivity index (χ1n) is 9.70. The Morgan fingerprint density at radius 3 is 2.19 bits per heavy atom. The van der Waals surface area contributed by atoms with E-state index in [1.165, 1.54) is 38.5 Å². The van der Waals surface area contributed by atoms with Gasteiger partial charge in [0.05, 0.1) is 0 Å². The number of amides is 1. The predicted octanol–water partition coefficient (Wildman–Crippen LogP) is 2.94. The highest BCUT2D eigenvalue weighted by molar-refractivity contribution is 5.80. The molecular formula is C21H27NO4. The zero-order valence-electron chi connectivity index (χ0n) is 15.1. The standard InChI is InChI=1S/C21H27NO4/c23-19(12-26-20(24)13-25-18-4-2-1-3-5-18)22-14-21-9-15-6-16(10-21)8-17(7-15)11-21/h1-5,15-17H,6-14H2,(H,22,23). The van der Waals surface area contributed by atoms with E-state index in [1.54, 1.807) is 12.1 Å². The molecule has 0 aliphatic heterocycles. The molecule has 0 heterocycles. The van der Waals surface area contributed by atoms with E-state index >= 15 is 0 Å². The van der Waals surface area contributed by atoms with Crippen molar-refractivity contribution < 1.29 is 19.1 Å². The molecule has 0 spiro atoms. The van der Waals surface area contributed by atoms with Crippen molar-refractivity contribution >= 4 is 11.9 Å². The lowest BCUT2D eigenvalue weighted by molar-refractivity contribution is -0.150. The number of hydrogen-bond donors (Lipinski definition) is 1. The second kappa shape index (κ2) is 7.29. The average Bonchev–Trinajstić information content (AvgIpc) is 2.63. The Morgan fingerprint density at radius 2 is 1.58 bits per heavy atom. The van der Waals surface area contributed by atoms with Crippen molar-refractivity contribution in [3.8, 4) is 5.75 Å². The smallest absolute Gasteiger partial charge is 0.344 e. The van der Waals surface area contributed by atoms with E-state index in [2.05, 4.69) is 5.32 Å². The fourth-order valence-corrected chi connectivity index (χ4v) is 5.69. The highest BCUT2D eigenvalue weighted by Crippen LogP contribution is 2.59. The fourth-order valence-electron chi connectivity index (χ4n) is 5.69. The highest BCUT2D eigenvalue weighted by atomic mass is 16.6. The van der Waals surface area contributed by atoms with Crippen LogP contribution >= 0.6 is 0 Å². The van der Waals surface area contributed by atoms with E-state index < -0.39 is 5.97 Å². The van der Waals surface area contributed by atoms with Crippen LogP contribution in [0, 0.1) is 23.2 Å². The maximum absolute atomic E-state index is 12.1. The lowest BCUT2D eigenvalue weighted by Gasteiger charge is -2.56. The van der Waals surface area contributed by atoms with Crippen LogP contribution in [0.2, 0.25) is 0 Å². The first-order valence-corrected chi connectivity index (χ1v) is 9.70. The summed E-state index contributed by atoms with van der Waals surface area (Å²) in [6, 6.07) is 9.08. The molecule has 0 aromatic heterocycles. The van der Waals surface area contributed by atoms with Crippen molar-refractivity contribution in [2.24, 2.45) is 23.2 Å². The molecule has 0 radical (unpaired) electrons. The van der Waals surface area contributed by atoms with E-state index in [4.69, 9.17) is 9.47 Å². The molecule has 5 heteroatoms. The third-order valence-corrected chi connectivity index (χ3v) is 6.29. The summed E-state index contributed by atoms with van der Waals surface area (Å²) in [7, 11) is 0. The van der Waals surface area contributed by atoms with Crippen molar-refractivity contribution in [2.45, 2.75) is 38.5 Å². The van der Waals surface area contributed by atoms with E-state index in [0.29, 0.717) is 11.2 Å². The van der Waals surface area contributed by atoms with Gasteiger partial charge >= 0.3 is 5.97 Å². The van der Waals surface area contributed by atoms with Gasteiger partial charge in [0.25, 0.3) is 5.91 Å². The molecule has 26 heavy (non-hydrogen) atoms. The quantitative estimate of drug-likeness (QED) is 0.762. The van der Waals surface area contributed by atoms with Crippen molar-refractivity contribution in [3.63, 3.8) is 0 Å². The van der Waals surface area contributed by atoms with Gasteiger partial charge in [0, 0.05) is 6.54 Å². The number of para-hydroxylation sites is 1. The molecule has 0 unspecified atom stereocenters. The number of ether oxygens (including phenoxy) is 2. The SMILES string of the molecule is O=C(COC(=O)COc1ccccc1)NCC12CC3CC(CC(C3)C1)C2. The Balaban J connectivity index is 1.17. The van der Waals surface area contributed by atoms with Crippen molar-refractivity contribution in [2.75, 3.05) is 19.8 Å². The molecule has 1 aromatic carbocycles. The van der Waals surface area contributed by atoms with Crippen LogP contribution in [-0.2, 0) is 14.3 Å². The van der Waals surface area contributed by atoms with Gasteiger partial charge in [0.15, 0.2) is 13.2 Å². The van der Waals surface area contributed by atoms with Crippen LogP contribution in [0.15, 0.2) is 30.3 Å². The van der Waals surface area contributed by atoms with Crippen LogP contribution in [-0.4, -0.2) is 31.6 Å². The van der Waals surface area contributed by atoms with E-state index in [9.17, 15) is 9.59 Å². The topological polar surface area (TPSA) is 64.6 Å². The molecule has 4 saturated carbocycles. The van der Waals surface area contributed by atoms with Crippen LogP contribution in [0.25, 0.3) is 0 Å². The molecule has 4 aliphatic rings. The Labute approximate surface area is 154 Å². The molecule has 0 atom stereocenters. The summed E-state index contributed by atoms with van der Waals surface area (Å²) < 4.78 is 10.3. The van der Waals surface area contributed by atoms with Crippen LogP contribution < -0.4 is 10.1 Å². The van der Waals surface area contributed by atoms with Crippen molar-refractivity contribution in [1.82, 2.24) is 5.32 Å². The van der Waals surface area contributed by atoms with Crippen LogP contribution in [0.5, 0.6) is 5.75 Å². The molecule has 1 aromatic rings. The molecular weight excluding hydrogens is 330 g/mol. The minimum Gasteiger partial charge on any atom is -0.482 e. The molecule has 4 aliphatic carbocycles. The molecule has 4 fully saturated rings. The summed E-state index contributed by atoms with van der Waals surface area (Å²) >= 11 is 0. The molecule has 140 valence electrons. The normalized spacial score (nSPS) is 31.5. The van der Waals surface area contributed by atoms with Gasteiger partial charge in [-0.2, -0.15) is 0 Å². The van der Waals surface area contributed by atoms with E-state index in [1.807, 2.05) is 18.2 Å². The third-order valence-electron chi connectivity index (χ3n) is 6.29. The highest BCUT2D eigenvalue weighted by Gasteiger charge is 2.50. The molecule has 0 saturated heterocycles. The summed E-state index contributed by atoms with van der Waals surface area (Å²) in [5, 5.41) is 3.01. The Morgan fingerprint density at radius 1 is 0.962 bits per heavy atom. The summed E-state index contributed by atoms with van der Waals surface area (Å²) in [5.41, 5.74) is 0.296. The van der Waals surface area contributed by atoms with Gasteiger partial charge in [0.1, 0.15) is 5.75 Å². The Bertz CT molecular complexity index is 622. The van der Waals surface area contributed by atoms with Gasteiger partial charge in [-0.3, -0.25) is 4.79 Å². The summed E-state index contributed by atoms with van der Waals surface area (Å²) in [6.07, 6.45) is 7.95. The lowest BCUT2D eigenvalue weighted by Crippen LogP contribution is -2.51. The van der Waals surface area contributed by atoms with Gasteiger partial charge in [-0.15, -0.1) is 0 Å². The molecule has 5 nitrogen and oxygen atoms in total. The van der Waals surface area contributed by atoms with Crippen LogP contribution in [0.4, 0.5) is 0 Å². The zero-order chi connectivity index (χ0) is 18.0. The number of carbonyl (C=O) groups excluding carboxylic acids is 2. The van der Waals surface area contributed by atoms with Gasteiger partial charge in [0.2, 0.25) is 0 Å². The number of carbonyl (C=O) groups is 2.